The van der Waals surface area contributed by atoms with E-state index in [1.807, 2.05) is 30.3 Å². The van der Waals surface area contributed by atoms with Crippen LogP contribution in [0, 0.1) is 5.82 Å². The Kier molecular flexibility index (Phi) is 5.17. The minimum atomic E-state index is -0.538. The van der Waals surface area contributed by atoms with Crippen molar-refractivity contribution < 1.29 is 18.7 Å². The summed E-state index contributed by atoms with van der Waals surface area (Å²) >= 11 is 1.74. The summed E-state index contributed by atoms with van der Waals surface area (Å²) in [7, 11) is 0. The first-order chi connectivity index (χ1) is 15.6. The van der Waals surface area contributed by atoms with E-state index < -0.39 is 6.10 Å². The third-order valence-corrected chi connectivity index (χ3v) is 8.36. The van der Waals surface area contributed by atoms with Crippen molar-refractivity contribution >= 4 is 32.4 Å². The normalized spacial score (nSPS) is 24.4. The van der Waals surface area contributed by atoms with Gasteiger partial charge in [0.25, 0.3) is 0 Å². The minimum absolute atomic E-state index is 0.166. The number of fused-ring (bicyclic) bond motifs is 4. The number of aliphatic hydroxyl groups is 1. The minimum Gasteiger partial charge on any atom is -0.490 e. The summed E-state index contributed by atoms with van der Waals surface area (Å²) in [5.74, 6) is 1.11. The summed E-state index contributed by atoms with van der Waals surface area (Å²) in [6, 6.07) is 15.9. The second-order valence-electron chi connectivity index (χ2n) is 9.13. The van der Waals surface area contributed by atoms with Gasteiger partial charge in [0.1, 0.15) is 29.9 Å². The molecule has 0 radical (unpaired) electrons. The molecule has 6 heteroatoms. The van der Waals surface area contributed by atoms with Gasteiger partial charge < -0.3 is 14.3 Å². The number of hydrogen-bond donors (Lipinski definition) is 1. The molecule has 4 nitrogen and oxygen atoms in total. The van der Waals surface area contributed by atoms with Crippen LogP contribution in [0.25, 0.3) is 21.1 Å². The van der Waals surface area contributed by atoms with E-state index in [4.69, 9.17) is 9.15 Å². The van der Waals surface area contributed by atoms with E-state index in [-0.39, 0.29) is 12.4 Å². The topological polar surface area (TPSA) is 45.8 Å². The molecule has 2 bridgehead atoms. The highest BCUT2D eigenvalue weighted by Crippen LogP contribution is 2.45. The maximum Gasteiger partial charge on any atom is 0.137 e. The molecule has 3 atom stereocenters. The summed E-state index contributed by atoms with van der Waals surface area (Å²) in [4.78, 5) is 3.87. The number of rotatable bonds is 6. The van der Waals surface area contributed by atoms with Crippen molar-refractivity contribution in [2.75, 3.05) is 13.2 Å². The van der Waals surface area contributed by atoms with Gasteiger partial charge in [-0.2, -0.15) is 0 Å². The second-order valence-corrected chi connectivity index (χ2v) is 10.2. The van der Waals surface area contributed by atoms with E-state index in [9.17, 15) is 9.50 Å². The predicted molar refractivity (Wildman–Crippen MR) is 125 cm³/mol. The number of hydrogen-bond acceptors (Lipinski definition) is 5. The van der Waals surface area contributed by atoms with Gasteiger partial charge in [-0.25, -0.2) is 4.39 Å². The quantitative estimate of drug-likeness (QED) is 0.394. The molecule has 0 spiro atoms. The number of furan rings is 1. The van der Waals surface area contributed by atoms with Crippen LogP contribution in [0.2, 0.25) is 0 Å². The number of nitrogens with zero attached hydrogens (tertiary/aromatic N) is 1. The fourth-order valence-electron chi connectivity index (χ4n) is 5.61. The molecule has 2 fully saturated rings. The van der Waals surface area contributed by atoms with Crippen molar-refractivity contribution in [3.63, 3.8) is 0 Å². The number of aliphatic hydroxyl groups excluding tert-OH is 1. The molecule has 2 aliphatic rings. The smallest absolute Gasteiger partial charge is 0.137 e. The molecule has 4 aromatic rings. The second kappa shape index (κ2) is 8.18. The van der Waals surface area contributed by atoms with Gasteiger partial charge >= 0.3 is 0 Å². The predicted octanol–water partition coefficient (Wildman–Crippen LogP) is 5.94. The molecule has 2 aromatic heterocycles. The molecular formula is C26H26FNO3S. The van der Waals surface area contributed by atoms with Crippen LogP contribution in [0.15, 0.2) is 59.2 Å². The molecule has 0 saturated carbocycles. The first kappa shape index (κ1) is 20.2. The van der Waals surface area contributed by atoms with Crippen LogP contribution in [-0.4, -0.2) is 41.3 Å². The lowest BCUT2D eigenvalue weighted by Crippen LogP contribution is -2.47. The van der Waals surface area contributed by atoms with Crippen molar-refractivity contribution in [1.82, 2.24) is 4.90 Å². The molecule has 0 amide bonds. The van der Waals surface area contributed by atoms with E-state index in [0.717, 1.165) is 39.6 Å². The Morgan fingerprint density at radius 3 is 2.81 bits per heavy atom. The SMILES string of the molecule is O[C@H](COc1cccc2occc12)CN1C2CCC1CC(c1cc3ccc(F)cc3s1)C2. The average molecular weight is 452 g/mol. The van der Waals surface area contributed by atoms with Gasteiger partial charge in [-0.1, -0.05) is 12.1 Å². The molecule has 4 heterocycles. The molecule has 32 heavy (non-hydrogen) atoms. The lowest BCUT2D eigenvalue weighted by Gasteiger charge is -2.39. The van der Waals surface area contributed by atoms with E-state index in [1.54, 1.807) is 29.7 Å². The van der Waals surface area contributed by atoms with Gasteiger partial charge in [0.2, 0.25) is 0 Å². The number of halogens is 1. The van der Waals surface area contributed by atoms with Crippen LogP contribution < -0.4 is 4.74 Å². The van der Waals surface area contributed by atoms with Crippen LogP contribution in [0.1, 0.15) is 36.5 Å². The molecule has 2 unspecified atom stereocenters. The third-order valence-electron chi connectivity index (χ3n) is 7.10. The first-order valence-electron chi connectivity index (χ1n) is 11.4. The van der Waals surface area contributed by atoms with Crippen molar-refractivity contribution in [2.45, 2.75) is 49.8 Å². The van der Waals surface area contributed by atoms with Gasteiger partial charge in [-0.3, -0.25) is 4.90 Å². The van der Waals surface area contributed by atoms with Crippen molar-refractivity contribution in [3.8, 4) is 5.75 Å². The highest BCUT2D eigenvalue weighted by atomic mass is 32.1. The van der Waals surface area contributed by atoms with Gasteiger partial charge in [0.15, 0.2) is 0 Å². The Morgan fingerprint density at radius 1 is 1.12 bits per heavy atom. The summed E-state index contributed by atoms with van der Waals surface area (Å²) < 4.78 is 26.0. The maximum atomic E-state index is 13.6. The molecule has 2 aromatic carbocycles. The Morgan fingerprint density at radius 2 is 1.97 bits per heavy atom. The lowest BCUT2D eigenvalue weighted by atomic mass is 9.89. The van der Waals surface area contributed by atoms with Crippen LogP contribution >= 0.6 is 11.3 Å². The Bertz CT molecular complexity index is 1240. The molecule has 2 saturated heterocycles. The number of benzene rings is 2. The molecule has 2 aliphatic heterocycles. The molecule has 166 valence electrons. The first-order valence-corrected chi connectivity index (χ1v) is 12.2. The molecular weight excluding hydrogens is 425 g/mol. The Balaban J connectivity index is 1.10. The summed E-state index contributed by atoms with van der Waals surface area (Å²) in [6.07, 6.45) is 5.69. The van der Waals surface area contributed by atoms with Crippen LogP contribution in [0.5, 0.6) is 5.75 Å². The van der Waals surface area contributed by atoms with Gasteiger partial charge in [-0.05, 0) is 73.4 Å². The highest BCUT2D eigenvalue weighted by molar-refractivity contribution is 7.19. The maximum absolute atomic E-state index is 13.6. The van der Waals surface area contributed by atoms with Crippen molar-refractivity contribution in [3.05, 3.63) is 65.5 Å². The Hall–Kier alpha value is -2.41. The van der Waals surface area contributed by atoms with Crippen LogP contribution in [0.3, 0.4) is 0 Å². The monoisotopic (exact) mass is 451 g/mol. The highest BCUT2D eigenvalue weighted by Gasteiger charge is 2.42. The zero-order chi connectivity index (χ0) is 21.7. The largest absolute Gasteiger partial charge is 0.490 e. The van der Waals surface area contributed by atoms with Crippen molar-refractivity contribution in [1.29, 1.82) is 0 Å². The van der Waals surface area contributed by atoms with Crippen LogP contribution in [0.4, 0.5) is 4.39 Å². The van der Waals surface area contributed by atoms with Crippen molar-refractivity contribution in [2.24, 2.45) is 0 Å². The van der Waals surface area contributed by atoms with E-state index in [0.29, 0.717) is 24.5 Å². The molecule has 1 N–H and O–H groups in total. The zero-order valence-electron chi connectivity index (χ0n) is 17.7. The fraction of sp³-hybridized carbons (Fsp3) is 0.385. The van der Waals surface area contributed by atoms with E-state index >= 15 is 0 Å². The molecule has 6 rings (SSSR count). The number of ether oxygens (including phenoxy) is 1. The average Bonchev–Trinajstić information content (AvgIpc) is 3.48. The molecule has 0 aliphatic carbocycles. The summed E-state index contributed by atoms with van der Waals surface area (Å²) in [6.45, 7) is 0.909. The van der Waals surface area contributed by atoms with E-state index in [1.165, 1.54) is 17.7 Å². The summed E-state index contributed by atoms with van der Waals surface area (Å²) in [5, 5.41) is 12.8. The number of piperidine rings is 1. The standard InChI is InChI=1S/C26H26FNO3S/c27-18-5-4-16-12-25(32-26(16)13-18)17-10-19-6-7-20(11-17)28(19)14-21(29)15-31-24-3-1-2-23-22(24)8-9-30-23/h1-5,8-9,12-13,17,19-21,29H,6-7,10-11,14-15H2/t17?,19?,20?,21-/m0/s1. The summed E-state index contributed by atoms with van der Waals surface area (Å²) in [5.41, 5.74) is 0.793. The van der Waals surface area contributed by atoms with Gasteiger partial charge in [-0.15, -0.1) is 11.3 Å². The van der Waals surface area contributed by atoms with Crippen LogP contribution in [-0.2, 0) is 0 Å². The van der Waals surface area contributed by atoms with Gasteiger partial charge in [0, 0.05) is 28.2 Å². The lowest BCUT2D eigenvalue weighted by molar-refractivity contribution is 0.0323. The van der Waals surface area contributed by atoms with Gasteiger partial charge in [0.05, 0.1) is 11.6 Å². The third kappa shape index (κ3) is 3.70. The fourth-order valence-corrected chi connectivity index (χ4v) is 6.82. The van der Waals surface area contributed by atoms with E-state index in [2.05, 4.69) is 11.0 Å². The zero-order valence-corrected chi connectivity index (χ0v) is 18.6. The Labute approximate surface area is 190 Å². The number of thiophene rings is 1.